The number of urea groups is 1. The Morgan fingerprint density at radius 2 is 1.13 bits per heavy atom. The Kier molecular flexibility index (Phi) is 14.0. The first-order valence-corrected chi connectivity index (χ1v) is 20.3. The van der Waals surface area contributed by atoms with Crippen molar-refractivity contribution < 1.29 is 14.3 Å². The van der Waals surface area contributed by atoms with Crippen LogP contribution < -0.4 is 31.9 Å². The fraction of sp³-hybridized carbons (Fsp3) is 0.239. The van der Waals surface area contributed by atoms with Gasteiger partial charge in [-0.2, -0.15) is 0 Å². The van der Waals surface area contributed by atoms with Gasteiger partial charge in [-0.3, -0.25) is 9.97 Å². The van der Waals surface area contributed by atoms with Gasteiger partial charge in [0.15, 0.2) is 23.3 Å². The molecule has 2 atom stereocenters. The van der Waals surface area contributed by atoms with Crippen molar-refractivity contribution in [2.45, 2.75) is 33.4 Å². The first kappa shape index (κ1) is 43.5. The Morgan fingerprint density at radius 1 is 0.619 bits per heavy atom. The van der Waals surface area contributed by atoms with Gasteiger partial charge in [0.2, 0.25) is 0 Å². The van der Waals surface area contributed by atoms with Crippen molar-refractivity contribution in [1.82, 2.24) is 39.2 Å². The average Bonchev–Trinajstić information content (AvgIpc) is 3.98. The number of hydrogen-bond donors (Lipinski definition) is 4. The summed E-state index contributed by atoms with van der Waals surface area (Å²) in [7, 11) is 0. The lowest BCUT2D eigenvalue weighted by atomic mass is 10.2. The molecule has 17 heteroatoms. The van der Waals surface area contributed by atoms with Crippen molar-refractivity contribution in [1.29, 1.82) is 0 Å². The number of aromatic nitrogens is 8. The number of hydrogen-bond acceptors (Lipinski definition) is 13. The molecule has 17 nitrogen and oxygen atoms in total. The summed E-state index contributed by atoms with van der Waals surface area (Å²) in [5.74, 6) is 3.16. The maximum Gasteiger partial charge on any atom is 0.323 e. The number of fused-ring (bicyclic) bond motifs is 2. The van der Waals surface area contributed by atoms with E-state index < -0.39 is 0 Å². The molecule has 8 heterocycles. The molecule has 324 valence electrons. The largest absolute Gasteiger partial charge is 0.399 e. The number of nitrogens with zero attached hydrogens (tertiary/aromatic N) is 10. The summed E-state index contributed by atoms with van der Waals surface area (Å²) in [6.07, 6.45) is 10.4. The maximum absolute atomic E-state index is 12.2. The topological polar surface area (TPSA) is 204 Å². The van der Waals surface area contributed by atoms with E-state index >= 15 is 0 Å². The van der Waals surface area contributed by atoms with Gasteiger partial charge in [0.25, 0.3) is 0 Å². The first-order chi connectivity index (χ1) is 30.3. The molecule has 0 radical (unpaired) electrons. The van der Waals surface area contributed by atoms with Gasteiger partial charge in [0.1, 0.15) is 11.0 Å². The minimum Gasteiger partial charge on any atom is -0.399 e. The number of carbonyl (C=O) groups excluding carboxylic acids is 1. The monoisotopic (exact) mass is 848 g/mol. The number of benzene rings is 2. The molecule has 2 amide bonds. The summed E-state index contributed by atoms with van der Waals surface area (Å²) in [5, 5.41) is 14.9. The van der Waals surface area contributed by atoms with Gasteiger partial charge in [-0.05, 0) is 111 Å². The quantitative estimate of drug-likeness (QED) is 0.123. The van der Waals surface area contributed by atoms with E-state index in [1.54, 1.807) is 49.1 Å². The second kappa shape index (κ2) is 20.3. The fourth-order valence-electron chi connectivity index (χ4n) is 7.03. The smallest absolute Gasteiger partial charge is 0.323 e. The average molecular weight is 849 g/mol. The lowest BCUT2D eigenvalue weighted by Crippen LogP contribution is -2.44. The molecule has 6 N–H and O–H groups in total. The van der Waals surface area contributed by atoms with Crippen LogP contribution in [0.3, 0.4) is 0 Å². The van der Waals surface area contributed by atoms with E-state index in [0.29, 0.717) is 48.5 Å². The highest BCUT2D eigenvalue weighted by atomic mass is 16.5. The van der Waals surface area contributed by atoms with Crippen LogP contribution in [0.4, 0.5) is 39.2 Å². The SMILES string of the molecule is C.C[C@@H]1COCCN1c1nc(-c2ccc(N)cc2)nn2cccc12.C[C@@H]1COCCN1c1nc(-c2ccc(NC(=O)Nc3cccnc3)cc2)nn2cccc12.Nc1cccnc1. The second-order valence-corrected chi connectivity index (χ2v) is 14.7. The Bertz CT molecular complexity index is 2690. The van der Waals surface area contributed by atoms with Gasteiger partial charge < -0.3 is 41.4 Å². The zero-order valence-electron chi connectivity index (χ0n) is 34.5. The van der Waals surface area contributed by atoms with E-state index in [4.69, 9.17) is 30.9 Å². The van der Waals surface area contributed by atoms with Crippen LogP contribution >= 0.6 is 0 Å². The Labute approximate surface area is 365 Å². The van der Waals surface area contributed by atoms with Crippen molar-refractivity contribution in [3.63, 3.8) is 0 Å². The highest BCUT2D eigenvalue weighted by molar-refractivity contribution is 5.99. The molecule has 0 saturated carbocycles. The number of morpholine rings is 2. The van der Waals surface area contributed by atoms with Gasteiger partial charge in [0.05, 0.1) is 56.1 Å². The minimum absolute atomic E-state index is 0. The van der Waals surface area contributed by atoms with Crippen LogP contribution in [0.5, 0.6) is 0 Å². The summed E-state index contributed by atoms with van der Waals surface area (Å²) in [5.41, 5.74) is 17.6. The molecule has 0 unspecified atom stereocenters. The summed E-state index contributed by atoms with van der Waals surface area (Å²) < 4.78 is 14.9. The van der Waals surface area contributed by atoms with E-state index in [1.807, 2.05) is 94.2 Å². The lowest BCUT2D eigenvalue weighted by molar-refractivity contribution is 0.0986. The van der Waals surface area contributed by atoms with Gasteiger partial charge >= 0.3 is 6.03 Å². The van der Waals surface area contributed by atoms with Crippen LogP contribution in [0.2, 0.25) is 0 Å². The molecular formula is C46H52N14O3. The number of carbonyl (C=O) groups is 1. The van der Waals surface area contributed by atoms with Crippen LogP contribution in [0.25, 0.3) is 33.8 Å². The van der Waals surface area contributed by atoms with Crippen molar-refractivity contribution >= 4 is 51.4 Å². The van der Waals surface area contributed by atoms with Crippen molar-refractivity contribution in [3.05, 3.63) is 134 Å². The van der Waals surface area contributed by atoms with E-state index in [2.05, 4.69) is 54.4 Å². The molecule has 0 aliphatic carbocycles. The number of amides is 2. The summed E-state index contributed by atoms with van der Waals surface area (Å²) in [6.45, 7) is 8.70. The summed E-state index contributed by atoms with van der Waals surface area (Å²) >= 11 is 0. The number of pyridine rings is 2. The van der Waals surface area contributed by atoms with E-state index in [9.17, 15) is 4.79 Å². The molecule has 6 aromatic heterocycles. The fourth-order valence-corrected chi connectivity index (χ4v) is 7.03. The van der Waals surface area contributed by atoms with E-state index in [0.717, 1.165) is 59.2 Å². The van der Waals surface area contributed by atoms with Gasteiger partial charge in [-0.25, -0.2) is 23.8 Å². The third-order valence-electron chi connectivity index (χ3n) is 10.2. The zero-order chi connectivity index (χ0) is 42.8. The molecule has 2 aromatic carbocycles. The predicted octanol–water partition coefficient (Wildman–Crippen LogP) is 7.16. The Hall–Kier alpha value is -7.63. The summed E-state index contributed by atoms with van der Waals surface area (Å²) in [4.78, 5) is 34.3. The predicted molar refractivity (Wildman–Crippen MR) is 249 cm³/mol. The number of nitrogens with two attached hydrogens (primary N) is 2. The number of ether oxygens (including phenoxy) is 2. The molecule has 8 aromatic rings. The normalized spacial score (nSPS) is 15.9. The standard InChI is InChI=1S/C23H23N7O2.C17H19N5O.C5H6N2.CH4/c1-16-15-32-13-12-29(16)22-20-5-3-11-30(20)28-21(27-22)17-6-8-18(9-7-17)25-23(31)26-19-4-2-10-24-14-19;1-12-11-23-10-9-21(12)17-15-3-2-8-22(15)20-16(19-17)13-4-6-14(18)7-5-13;6-5-2-1-3-7-4-5;/h2-11,14,16H,12-13,15H2,1H3,(H2,25,26,31);2-8,12H,9-11,18H2,1H3;1-4H,6H2;1H4/t16-;12-;;/m11../s1. The van der Waals surface area contributed by atoms with Crippen molar-refractivity contribution in [3.8, 4) is 22.8 Å². The highest BCUT2D eigenvalue weighted by Crippen LogP contribution is 2.29. The number of nitrogens with one attached hydrogen (secondary N) is 2. The Morgan fingerprint density at radius 3 is 1.59 bits per heavy atom. The van der Waals surface area contributed by atoms with Gasteiger partial charge in [-0.1, -0.05) is 7.43 Å². The Balaban J connectivity index is 0.000000167. The third kappa shape index (κ3) is 10.6. The van der Waals surface area contributed by atoms with Crippen molar-refractivity contribution in [2.75, 3.05) is 71.4 Å². The van der Waals surface area contributed by atoms with Crippen LogP contribution in [0.15, 0.2) is 134 Å². The molecule has 63 heavy (non-hydrogen) atoms. The number of rotatable bonds is 6. The molecule has 0 bridgehead atoms. The van der Waals surface area contributed by atoms with Gasteiger partial charge in [-0.15, -0.1) is 10.2 Å². The molecule has 2 aliphatic heterocycles. The molecule has 2 aliphatic rings. The third-order valence-corrected chi connectivity index (χ3v) is 10.2. The van der Waals surface area contributed by atoms with E-state index in [-0.39, 0.29) is 25.5 Å². The second-order valence-electron chi connectivity index (χ2n) is 14.7. The first-order valence-electron chi connectivity index (χ1n) is 20.3. The van der Waals surface area contributed by atoms with Crippen molar-refractivity contribution in [2.24, 2.45) is 0 Å². The zero-order valence-corrected chi connectivity index (χ0v) is 34.5. The number of anilines is 6. The lowest BCUT2D eigenvalue weighted by Gasteiger charge is -2.34. The number of nitrogen functional groups attached to an aromatic ring is 2. The van der Waals surface area contributed by atoms with Crippen LogP contribution in [0.1, 0.15) is 21.3 Å². The molecule has 0 spiro atoms. The van der Waals surface area contributed by atoms with Gasteiger partial charge in [0, 0.05) is 66.6 Å². The molecular weight excluding hydrogens is 797 g/mol. The molecule has 10 rings (SSSR count). The highest BCUT2D eigenvalue weighted by Gasteiger charge is 2.25. The molecule has 2 fully saturated rings. The molecule has 2 saturated heterocycles. The van der Waals surface area contributed by atoms with Crippen LogP contribution in [0, 0.1) is 0 Å². The minimum atomic E-state index is -0.334. The van der Waals surface area contributed by atoms with Crippen LogP contribution in [-0.2, 0) is 9.47 Å². The summed E-state index contributed by atoms with van der Waals surface area (Å²) in [6, 6.07) is 30.5. The maximum atomic E-state index is 12.2. The van der Waals surface area contributed by atoms with E-state index in [1.165, 1.54) is 0 Å². The van der Waals surface area contributed by atoms with Crippen LogP contribution in [-0.4, -0.2) is 96.8 Å².